The summed E-state index contributed by atoms with van der Waals surface area (Å²) in [7, 11) is 0. The van der Waals surface area contributed by atoms with Gasteiger partial charge in [0.05, 0.1) is 16.7 Å². The summed E-state index contributed by atoms with van der Waals surface area (Å²) >= 11 is 6.71. The molecule has 1 atom stereocenters. The van der Waals surface area contributed by atoms with E-state index >= 15 is 4.39 Å². The molecule has 0 spiro atoms. The van der Waals surface area contributed by atoms with Gasteiger partial charge < -0.3 is 15.5 Å². The van der Waals surface area contributed by atoms with Crippen molar-refractivity contribution < 1.29 is 9.18 Å². The van der Waals surface area contributed by atoms with Gasteiger partial charge in [0.1, 0.15) is 11.3 Å². The lowest BCUT2D eigenvalue weighted by Gasteiger charge is -2.40. The summed E-state index contributed by atoms with van der Waals surface area (Å²) in [6.45, 7) is 8.89. The average molecular weight is 480 g/mol. The van der Waals surface area contributed by atoms with E-state index in [1.54, 1.807) is 17.2 Å². The van der Waals surface area contributed by atoms with Crippen LogP contribution in [0.5, 0.6) is 0 Å². The van der Waals surface area contributed by atoms with Crippen molar-refractivity contribution in [2.75, 3.05) is 30.3 Å². The Morgan fingerprint density at radius 1 is 1.29 bits per heavy atom. The van der Waals surface area contributed by atoms with Gasteiger partial charge in [0.2, 0.25) is 11.9 Å². The van der Waals surface area contributed by atoms with Crippen molar-refractivity contribution in [3.8, 4) is 11.1 Å². The smallest absolute Gasteiger partial charge is 0.246 e. The first-order chi connectivity index (χ1) is 16.3. The number of aromatic amines is 1. The third-order valence-electron chi connectivity index (χ3n) is 6.35. The van der Waals surface area contributed by atoms with E-state index in [9.17, 15) is 4.79 Å². The van der Waals surface area contributed by atoms with Crippen molar-refractivity contribution >= 4 is 51.1 Å². The van der Waals surface area contributed by atoms with Crippen molar-refractivity contribution in [2.24, 2.45) is 0 Å². The lowest BCUT2D eigenvalue weighted by Crippen LogP contribution is -2.53. The first kappa shape index (κ1) is 22.1. The summed E-state index contributed by atoms with van der Waals surface area (Å²) in [5.74, 6) is -0.236. The number of nitrogen functional groups attached to an aromatic ring is 1. The molecule has 34 heavy (non-hydrogen) atoms. The van der Waals surface area contributed by atoms with E-state index in [1.807, 2.05) is 30.9 Å². The molecule has 174 valence electrons. The number of benzene rings is 2. The van der Waals surface area contributed by atoms with Crippen LogP contribution >= 0.6 is 11.6 Å². The number of piperazine rings is 1. The number of carbonyl (C=O) groups is 1. The Labute approximate surface area is 200 Å². The monoisotopic (exact) mass is 479 g/mol. The van der Waals surface area contributed by atoms with Crippen LogP contribution < -0.4 is 10.6 Å². The van der Waals surface area contributed by atoms with Gasteiger partial charge >= 0.3 is 0 Å². The highest BCUT2D eigenvalue weighted by Crippen LogP contribution is 2.42. The summed E-state index contributed by atoms with van der Waals surface area (Å²) in [6.07, 6.45) is 2.96. The highest BCUT2D eigenvalue weighted by Gasteiger charge is 2.30. The number of halogens is 2. The van der Waals surface area contributed by atoms with Crippen LogP contribution in [0.3, 0.4) is 0 Å². The summed E-state index contributed by atoms with van der Waals surface area (Å²) in [6, 6.07) is 5.39. The molecular weight excluding hydrogens is 457 g/mol. The molecule has 2 aromatic carbocycles. The number of amides is 1. The maximum Gasteiger partial charge on any atom is 0.246 e. The minimum absolute atomic E-state index is 0.0373. The second-order valence-electron chi connectivity index (χ2n) is 8.47. The Kier molecular flexibility index (Phi) is 5.36. The highest BCUT2D eigenvalue weighted by atomic mass is 35.5. The van der Waals surface area contributed by atoms with Crippen molar-refractivity contribution in [3.05, 3.63) is 53.5 Å². The lowest BCUT2D eigenvalue weighted by molar-refractivity contribution is -0.126. The number of rotatable bonds is 3. The SMILES string of the molecule is C=CC(=O)N1CCN(c2nc(N)nc3c(F)c(-c4c(C)ccc5[nH]ncc45)c(Cl)cc23)[C@@H](C)C1. The number of aromatic nitrogens is 4. The number of anilines is 2. The van der Waals surface area contributed by atoms with E-state index in [0.717, 1.165) is 16.5 Å². The molecule has 1 aliphatic rings. The number of hydrogen-bond donors (Lipinski definition) is 2. The van der Waals surface area contributed by atoms with Gasteiger partial charge in [0.15, 0.2) is 5.82 Å². The zero-order valence-electron chi connectivity index (χ0n) is 18.8. The molecule has 5 rings (SSSR count). The van der Waals surface area contributed by atoms with Crippen LogP contribution in [-0.4, -0.2) is 56.6 Å². The molecule has 0 bridgehead atoms. The molecule has 8 nitrogen and oxygen atoms in total. The van der Waals surface area contributed by atoms with Crippen LogP contribution in [-0.2, 0) is 4.79 Å². The third-order valence-corrected chi connectivity index (χ3v) is 6.65. The van der Waals surface area contributed by atoms with Gasteiger partial charge in [-0.15, -0.1) is 0 Å². The van der Waals surface area contributed by atoms with Crippen LogP contribution in [0.15, 0.2) is 37.1 Å². The van der Waals surface area contributed by atoms with E-state index in [4.69, 9.17) is 17.3 Å². The Morgan fingerprint density at radius 3 is 2.82 bits per heavy atom. The molecule has 1 amide bonds. The quantitative estimate of drug-likeness (QED) is 0.429. The second kappa shape index (κ2) is 8.25. The van der Waals surface area contributed by atoms with Gasteiger partial charge in [-0.25, -0.2) is 9.37 Å². The highest BCUT2D eigenvalue weighted by molar-refractivity contribution is 6.35. The predicted molar refractivity (Wildman–Crippen MR) is 132 cm³/mol. The molecule has 3 heterocycles. The number of nitrogens with two attached hydrogens (primary N) is 1. The van der Waals surface area contributed by atoms with Crippen molar-refractivity contribution in [1.82, 2.24) is 25.1 Å². The molecule has 0 aliphatic carbocycles. The zero-order chi connectivity index (χ0) is 24.1. The van der Waals surface area contributed by atoms with Crippen molar-refractivity contribution in [2.45, 2.75) is 19.9 Å². The largest absolute Gasteiger partial charge is 0.368 e. The van der Waals surface area contributed by atoms with E-state index in [0.29, 0.717) is 36.4 Å². The molecule has 1 fully saturated rings. The molecule has 1 aliphatic heterocycles. The van der Waals surface area contributed by atoms with E-state index in [-0.39, 0.29) is 34.0 Å². The predicted octanol–water partition coefficient (Wildman–Crippen LogP) is 4.08. The molecule has 10 heteroatoms. The van der Waals surface area contributed by atoms with Crippen molar-refractivity contribution in [1.29, 1.82) is 0 Å². The molecule has 0 radical (unpaired) electrons. The van der Waals surface area contributed by atoms with E-state index in [1.165, 1.54) is 6.08 Å². The number of H-pyrrole nitrogens is 1. The van der Waals surface area contributed by atoms with E-state index < -0.39 is 5.82 Å². The number of aryl methyl sites for hydroxylation is 1. The fourth-order valence-electron chi connectivity index (χ4n) is 4.70. The Morgan fingerprint density at radius 2 is 2.09 bits per heavy atom. The Balaban J connectivity index is 1.68. The Hall–Kier alpha value is -3.72. The molecule has 1 saturated heterocycles. The minimum atomic E-state index is -0.567. The van der Waals surface area contributed by atoms with E-state index in [2.05, 4.69) is 26.7 Å². The van der Waals surface area contributed by atoms with Gasteiger partial charge in [-0.05, 0) is 37.6 Å². The average Bonchev–Trinajstić information content (AvgIpc) is 3.29. The summed E-state index contributed by atoms with van der Waals surface area (Å²) in [4.78, 5) is 24.5. The first-order valence-electron chi connectivity index (χ1n) is 10.9. The van der Waals surface area contributed by atoms with Crippen molar-refractivity contribution in [3.63, 3.8) is 0 Å². The summed E-state index contributed by atoms with van der Waals surface area (Å²) in [5.41, 5.74) is 8.66. The number of fused-ring (bicyclic) bond motifs is 2. The van der Waals surface area contributed by atoms with Crippen LogP contribution in [0.1, 0.15) is 12.5 Å². The molecule has 2 aromatic heterocycles. The summed E-state index contributed by atoms with van der Waals surface area (Å²) < 4.78 is 16.1. The van der Waals surface area contributed by atoms with Crippen LogP contribution in [0.25, 0.3) is 32.9 Å². The molecular formula is C24H23ClFN7O. The van der Waals surface area contributed by atoms with Gasteiger partial charge in [-0.3, -0.25) is 9.89 Å². The van der Waals surface area contributed by atoms with Crippen LogP contribution in [0, 0.1) is 12.7 Å². The van der Waals surface area contributed by atoms with Crippen LogP contribution in [0.4, 0.5) is 16.2 Å². The zero-order valence-corrected chi connectivity index (χ0v) is 19.5. The Bertz CT molecular complexity index is 1470. The molecule has 0 saturated carbocycles. The number of hydrogen-bond acceptors (Lipinski definition) is 6. The topological polar surface area (TPSA) is 104 Å². The number of nitrogens with zero attached hydrogens (tertiary/aromatic N) is 5. The maximum absolute atomic E-state index is 16.1. The van der Waals surface area contributed by atoms with Gasteiger partial charge in [-0.1, -0.05) is 24.2 Å². The molecule has 3 N–H and O–H groups in total. The number of carbonyl (C=O) groups excluding carboxylic acids is 1. The maximum atomic E-state index is 16.1. The normalized spacial score (nSPS) is 16.4. The number of nitrogens with one attached hydrogen (secondary N) is 1. The standard InChI is InChI=1S/C24H23ClFN7O/c1-4-18(34)32-7-8-33(13(3)11-32)23-14-9-16(25)20(21(26)22(14)29-24(27)30-23)19-12(2)5-6-17-15(19)10-28-31-17/h4-6,9-10,13H,1,7-8,11H2,2-3H3,(H,28,31)(H2,27,29,30)/t13-/m0/s1. The molecule has 0 unspecified atom stereocenters. The van der Waals surface area contributed by atoms with Gasteiger partial charge in [0.25, 0.3) is 0 Å². The summed E-state index contributed by atoms with van der Waals surface area (Å²) in [5, 5.41) is 8.48. The first-order valence-corrected chi connectivity index (χ1v) is 11.2. The lowest BCUT2D eigenvalue weighted by atomic mass is 9.95. The molecule has 4 aromatic rings. The van der Waals surface area contributed by atoms with Crippen LogP contribution in [0.2, 0.25) is 5.02 Å². The fourth-order valence-corrected chi connectivity index (χ4v) is 4.99. The second-order valence-corrected chi connectivity index (χ2v) is 8.88. The van der Waals surface area contributed by atoms with Gasteiger partial charge in [0, 0.05) is 47.6 Å². The fraction of sp³-hybridized carbons (Fsp3) is 0.250. The minimum Gasteiger partial charge on any atom is -0.368 e. The third kappa shape index (κ3) is 3.43. The van der Waals surface area contributed by atoms with Gasteiger partial charge in [-0.2, -0.15) is 10.1 Å².